The first-order chi connectivity index (χ1) is 11.4. The molecule has 2 rings (SSSR count). The number of carbonyl (C=O) groups is 1. The number of carboxylic acids is 1. The number of aliphatic carboxylic acids is 1. The minimum atomic E-state index is -3.53. The molecule has 0 bridgehead atoms. The van der Waals surface area contributed by atoms with E-state index in [4.69, 9.17) is 9.94 Å². The number of rotatable bonds is 5. The van der Waals surface area contributed by atoms with Crippen molar-refractivity contribution >= 4 is 15.8 Å². The number of ether oxygens (including phenoxy) is 1. The Morgan fingerprint density at radius 2 is 1.92 bits per heavy atom. The number of benzene rings is 1. The maximum Gasteiger partial charge on any atom is 0.320 e. The molecule has 24 heavy (non-hydrogen) atoms. The Labute approximate surface area is 141 Å². The van der Waals surface area contributed by atoms with Crippen LogP contribution in [-0.4, -0.2) is 61.1 Å². The first kappa shape index (κ1) is 20.4. The van der Waals surface area contributed by atoms with Gasteiger partial charge < -0.3 is 15.1 Å². The van der Waals surface area contributed by atoms with Crippen molar-refractivity contribution in [2.45, 2.75) is 36.0 Å². The van der Waals surface area contributed by atoms with Gasteiger partial charge in [0.15, 0.2) is 9.84 Å². The molecule has 1 heterocycles. The zero-order chi connectivity index (χ0) is 18.3. The summed E-state index contributed by atoms with van der Waals surface area (Å²) in [4.78, 5) is 13.4. The quantitative estimate of drug-likeness (QED) is 0.656. The van der Waals surface area contributed by atoms with E-state index in [-0.39, 0.29) is 11.3 Å². The molecular formula is C15H24N2O6S. The molecule has 1 aliphatic rings. The average Bonchev–Trinajstić information content (AvgIpc) is 2.62. The van der Waals surface area contributed by atoms with E-state index in [1.54, 1.807) is 12.1 Å². The second-order valence-corrected chi connectivity index (χ2v) is 7.58. The van der Waals surface area contributed by atoms with Crippen molar-refractivity contribution in [3.8, 4) is 5.75 Å². The molecule has 2 atom stereocenters. The number of hydrogen-bond acceptors (Lipinski definition) is 7. The number of likely N-dealkylation sites (N-methyl/N-ethyl adjacent to an activating group) is 1. The van der Waals surface area contributed by atoms with E-state index in [9.17, 15) is 18.3 Å². The van der Waals surface area contributed by atoms with Crippen molar-refractivity contribution in [1.29, 1.82) is 0 Å². The summed E-state index contributed by atoms with van der Waals surface area (Å²) in [5, 5.41) is 15.1. The molecule has 0 spiro atoms. The van der Waals surface area contributed by atoms with Crippen LogP contribution in [0, 0.1) is 0 Å². The normalized spacial score (nSPS) is 21.5. The summed E-state index contributed by atoms with van der Waals surface area (Å²) in [7, 11) is -2.02. The average molecular weight is 360 g/mol. The Kier molecular flexibility index (Phi) is 7.61. The zero-order valence-corrected chi connectivity index (χ0v) is 14.6. The maximum atomic E-state index is 12.7. The number of nitrogens with zero attached hydrogens (tertiary/aromatic N) is 1. The van der Waals surface area contributed by atoms with Crippen LogP contribution in [0.1, 0.15) is 19.8 Å². The number of methoxy groups -OCH3 is 1. The van der Waals surface area contributed by atoms with Crippen LogP contribution in [0.3, 0.4) is 0 Å². The minimum absolute atomic E-state index is 0.123. The van der Waals surface area contributed by atoms with Gasteiger partial charge in [0.1, 0.15) is 11.8 Å². The number of likely N-dealkylation sites (tertiary alicyclic amines) is 1. The van der Waals surface area contributed by atoms with Crippen LogP contribution < -0.4 is 10.6 Å². The zero-order valence-electron chi connectivity index (χ0n) is 13.8. The van der Waals surface area contributed by atoms with Crippen molar-refractivity contribution in [3.05, 3.63) is 24.3 Å². The van der Waals surface area contributed by atoms with Gasteiger partial charge in [0.25, 0.3) is 0 Å². The smallest absolute Gasteiger partial charge is 0.320 e. The molecule has 2 unspecified atom stereocenters. The molecule has 0 radical (unpaired) electrons. The monoisotopic (exact) mass is 360 g/mol. The molecule has 9 heteroatoms. The van der Waals surface area contributed by atoms with Gasteiger partial charge in [0, 0.05) is 6.54 Å². The van der Waals surface area contributed by atoms with Gasteiger partial charge in [-0.25, -0.2) is 14.3 Å². The van der Waals surface area contributed by atoms with Crippen LogP contribution in [0.4, 0.5) is 0 Å². The van der Waals surface area contributed by atoms with Crippen LogP contribution in [-0.2, 0) is 14.6 Å². The van der Waals surface area contributed by atoms with Crippen molar-refractivity contribution < 1.29 is 28.3 Å². The highest BCUT2D eigenvalue weighted by molar-refractivity contribution is 7.92. The van der Waals surface area contributed by atoms with Gasteiger partial charge >= 0.3 is 5.97 Å². The molecule has 1 fully saturated rings. The van der Waals surface area contributed by atoms with Gasteiger partial charge in [-0.3, -0.25) is 9.69 Å². The molecule has 1 aromatic rings. The summed E-state index contributed by atoms with van der Waals surface area (Å²) in [6, 6.07) is 5.48. The summed E-state index contributed by atoms with van der Waals surface area (Å²) in [5.41, 5.74) is 0. The molecule has 0 aliphatic carbocycles. The first-order valence-corrected chi connectivity index (χ1v) is 9.05. The molecule has 4 N–H and O–H groups in total. The van der Waals surface area contributed by atoms with Gasteiger partial charge in [0.2, 0.25) is 0 Å². The molecular weight excluding hydrogens is 336 g/mol. The van der Waals surface area contributed by atoms with Crippen LogP contribution in [0.15, 0.2) is 29.2 Å². The topological polar surface area (TPSA) is 130 Å². The molecule has 136 valence electrons. The fraction of sp³-hybridized carbons (Fsp3) is 0.533. The van der Waals surface area contributed by atoms with Crippen LogP contribution >= 0.6 is 0 Å². The highest BCUT2D eigenvalue weighted by Gasteiger charge is 2.39. The Morgan fingerprint density at radius 3 is 2.38 bits per heavy atom. The second-order valence-electron chi connectivity index (χ2n) is 5.35. The van der Waals surface area contributed by atoms with Crippen molar-refractivity contribution in [1.82, 2.24) is 4.90 Å². The van der Waals surface area contributed by atoms with E-state index < -0.39 is 27.1 Å². The summed E-state index contributed by atoms with van der Waals surface area (Å²) in [5.74, 6) is 3.12. The largest absolute Gasteiger partial charge is 0.497 e. The lowest BCUT2D eigenvalue weighted by molar-refractivity contribution is -0.144. The predicted octanol–water partition coefficient (Wildman–Crippen LogP) is 0.741. The SMILES string of the molecule is CCN1CCC(S(=O)(=O)c2ccc(OC)cc2)CC1C(=O)O.NO. The van der Waals surface area contributed by atoms with Crippen molar-refractivity contribution in [2.24, 2.45) is 5.90 Å². The Hall–Kier alpha value is -1.68. The Bertz CT molecular complexity index is 632. The third kappa shape index (κ3) is 4.44. The van der Waals surface area contributed by atoms with Crippen LogP contribution in [0.5, 0.6) is 5.75 Å². The van der Waals surface area contributed by atoms with Gasteiger partial charge in [-0.15, -0.1) is 0 Å². The number of hydrogen-bond donors (Lipinski definition) is 3. The van der Waals surface area contributed by atoms with Crippen molar-refractivity contribution in [3.63, 3.8) is 0 Å². The fourth-order valence-corrected chi connectivity index (χ4v) is 4.61. The summed E-state index contributed by atoms with van der Waals surface area (Å²) < 4.78 is 30.4. The molecule has 8 nitrogen and oxygen atoms in total. The molecule has 0 amide bonds. The van der Waals surface area contributed by atoms with E-state index in [0.717, 1.165) is 0 Å². The minimum Gasteiger partial charge on any atom is -0.497 e. The lowest BCUT2D eigenvalue weighted by Gasteiger charge is -2.36. The molecule has 1 aromatic carbocycles. The lowest BCUT2D eigenvalue weighted by atomic mass is 10.0. The lowest BCUT2D eigenvalue weighted by Crippen LogP contribution is -2.50. The summed E-state index contributed by atoms with van der Waals surface area (Å²) in [6.07, 6.45) is 0.573. The Morgan fingerprint density at radius 1 is 1.33 bits per heavy atom. The Balaban J connectivity index is 0.00000139. The number of carboxylic acid groups (broad SMARTS) is 1. The number of nitrogens with two attached hydrogens (primary N) is 1. The summed E-state index contributed by atoms with van der Waals surface area (Å²) >= 11 is 0. The highest BCUT2D eigenvalue weighted by Crippen LogP contribution is 2.28. The predicted molar refractivity (Wildman–Crippen MR) is 87.8 cm³/mol. The maximum absolute atomic E-state index is 12.7. The molecule has 0 saturated carbocycles. The van der Waals surface area contributed by atoms with E-state index in [1.807, 2.05) is 11.8 Å². The number of sulfone groups is 1. The third-order valence-corrected chi connectivity index (χ3v) is 6.42. The highest BCUT2D eigenvalue weighted by atomic mass is 32.2. The van der Waals surface area contributed by atoms with Gasteiger partial charge in [0.05, 0.1) is 17.3 Å². The third-order valence-electron chi connectivity index (χ3n) is 4.18. The van der Waals surface area contributed by atoms with Crippen LogP contribution in [0.2, 0.25) is 0 Å². The molecule has 1 saturated heterocycles. The van der Waals surface area contributed by atoms with E-state index in [1.165, 1.54) is 19.2 Å². The molecule has 1 aliphatic heterocycles. The van der Waals surface area contributed by atoms with Crippen LogP contribution in [0.25, 0.3) is 0 Å². The van der Waals surface area contributed by atoms with E-state index in [0.29, 0.717) is 25.3 Å². The molecule has 0 aromatic heterocycles. The van der Waals surface area contributed by atoms with Crippen molar-refractivity contribution in [2.75, 3.05) is 20.2 Å². The standard InChI is InChI=1S/C15H21NO5S.H3NO/c1-3-16-9-8-13(10-14(16)15(17)18)22(19,20)12-6-4-11(21-2)5-7-12;1-2/h4-7,13-14H,3,8-10H2,1-2H3,(H,17,18);2H,1H2. The first-order valence-electron chi connectivity index (χ1n) is 7.50. The van der Waals surface area contributed by atoms with E-state index in [2.05, 4.69) is 5.90 Å². The fourth-order valence-electron chi connectivity index (χ4n) is 2.86. The van der Waals surface area contributed by atoms with Gasteiger partial charge in [-0.05, 0) is 43.7 Å². The number of piperidine rings is 1. The second kappa shape index (κ2) is 8.97. The van der Waals surface area contributed by atoms with E-state index >= 15 is 0 Å². The van der Waals surface area contributed by atoms with Gasteiger partial charge in [-0.1, -0.05) is 6.92 Å². The summed E-state index contributed by atoms with van der Waals surface area (Å²) in [6.45, 7) is 2.97. The van der Waals surface area contributed by atoms with Gasteiger partial charge in [-0.2, -0.15) is 0 Å².